The summed E-state index contributed by atoms with van der Waals surface area (Å²) in [6.45, 7) is 4.40. The summed E-state index contributed by atoms with van der Waals surface area (Å²) in [7, 11) is 0. The summed E-state index contributed by atoms with van der Waals surface area (Å²) in [4.78, 5) is 0. The molecule has 0 atom stereocenters. The molecule has 1 heteroatoms. The third kappa shape index (κ3) is 2.47. The van der Waals surface area contributed by atoms with Gasteiger partial charge in [-0.2, -0.15) is 0 Å². The summed E-state index contributed by atoms with van der Waals surface area (Å²) in [5.74, 6) is 0.770. The Bertz CT molecular complexity index is 197. The van der Waals surface area contributed by atoms with Gasteiger partial charge >= 0.3 is 0 Å². The minimum atomic E-state index is 0.0240. The normalized spacial score (nSPS) is 16.7. The SMILES string of the molecule is CCC(CC)CC1=CC=C(F)C1. The highest BCUT2D eigenvalue weighted by atomic mass is 19.1. The van der Waals surface area contributed by atoms with Crippen LogP contribution in [0.1, 0.15) is 39.5 Å². The molecule has 12 heavy (non-hydrogen) atoms. The molecule has 0 unspecified atom stereocenters. The van der Waals surface area contributed by atoms with Gasteiger partial charge in [0.15, 0.2) is 0 Å². The molecule has 0 N–H and O–H groups in total. The van der Waals surface area contributed by atoms with Crippen LogP contribution in [-0.4, -0.2) is 0 Å². The average molecular weight is 168 g/mol. The lowest BCUT2D eigenvalue weighted by atomic mass is 9.94. The standard InChI is InChI=1S/C11H17F/c1-3-9(4-2)7-10-5-6-11(12)8-10/h5-6,9H,3-4,7-8H2,1-2H3. The van der Waals surface area contributed by atoms with E-state index in [1.165, 1.54) is 18.4 Å². The largest absolute Gasteiger partial charge is 0.211 e. The highest BCUT2D eigenvalue weighted by Gasteiger charge is 2.11. The molecular formula is C11H17F. The predicted octanol–water partition coefficient (Wildman–Crippen LogP) is 4.00. The lowest BCUT2D eigenvalue weighted by molar-refractivity contribution is 0.481. The van der Waals surface area contributed by atoms with E-state index < -0.39 is 0 Å². The van der Waals surface area contributed by atoms with Crippen LogP contribution in [0.15, 0.2) is 23.6 Å². The molecule has 68 valence electrons. The number of halogens is 1. The van der Waals surface area contributed by atoms with E-state index in [2.05, 4.69) is 13.8 Å². The first-order valence-electron chi connectivity index (χ1n) is 4.80. The number of allylic oxidation sites excluding steroid dienone is 4. The second-order valence-corrected chi connectivity index (χ2v) is 3.50. The van der Waals surface area contributed by atoms with E-state index in [0.29, 0.717) is 6.42 Å². The van der Waals surface area contributed by atoms with Crippen LogP contribution in [0.3, 0.4) is 0 Å². The van der Waals surface area contributed by atoms with Crippen LogP contribution >= 0.6 is 0 Å². The van der Waals surface area contributed by atoms with Gasteiger partial charge in [-0.25, -0.2) is 4.39 Å². The van der Waals surface area contributed by atoms with E-state index in [9.17, 15) is 4.39 Å². The molecule has 1 rings (SSSR count). The Hall–Kier alpha value is -0.590. The molecule has 0 aromatic rings. The number of hydrogen-bond donors (Lipinski definition) is 0. The first kappa shape index (κ1) is 9.50. The molecule has 0 spiro atoms. The molecule has 0 radical (unpaired) electrons. The van der Waals surface area contributed by atoms with Gasteiger partial charge in [0, 0.05) is 6.42 Å². The smallest absolute Gasteiger partial charge is 0.104 e. The fourth-order valence-corrected chi connectivity index (χ4v) is 1.63. The van der Waals surface area contributed by atoms with E-state index in [1.54, 1.807) is 6.08 Å². The van der Waals surface area contributed by atoms with Gasteiger partial charge in [0.25, 0.3) is 0 Å². The zero-order valence-electron chi connectivity index (χ0n) is 7.94. The molecule has 0 bridgehead atoms. The van der Waals surface area contributed by atoms with Crippen molar-refractivity contribution in [1.82, 2.24) is 0 Å². The third-order valence-corrected chi connectivity index (χ3v) is 2.60. The van der Waals surface area contributed by atoms with Crippen molar-refractivity contribution in [3.8, 4) is 0 Å². The van der Waals surface area contributed by atoms with E-state index in [4.69, 9.17) is 0 Å². The van der Waals surface area contributed by atoms with Gasteiger partial charge < -0.3 is 0 Å². The van der Waals surface area contributed by atoms with Crippen LogP contribution in [-0.2, 0) is 0 Å². The number of rotatable bonds is 4. The van der Waals surface area contributed by atoms with Crippen molar-refractivity contribution in [2.24, 2.45) is 5.92 Å². The Morgan fingerprint density at radius 1 is 1.33 bits per heavy atom. The third-order valence-electron chi connectivity index (χ3n) is 2.60. The first-order chi connectivity index (χ1) is 5.76. The predicted molar refractivity (Wildman–Crippen MR) is 50.6 cm³/mol. The van der Waals surface area contributed by atoms with Gasteiger partial charge in [-0.3, -0.25) is 0 Å². The molecule has 0 aromatic carbocycles. The Balaban J connectivity index is 2.33. The Morgan fingerprint density at radius 2 is 2.00 bits per heavy atom. The maximum Gasteiger partial charge on any atom is 0.104 e. The highest BCUT2D eigenvalue weighted by Crippen LogP contribution is 2.27. The fourth-order valence-electron chi connectivity index (χ4n) is 1.63. The van der Waals surface area contributed by atoms with Gasteiger partial charge in [0.05, 0.1) is 0 Å². The highest BCUT2D eigenvalue weighted by molar-refractivity contribution is 5.26. The van der Waals surface area contributed by atoms with Gasteiger partial charge in [-0.1, -0.05) is 38.3 Å². The number of hydrogen-bond acceptors (Lipinski definition) is 0. The van der Waals surface area contributed by atoms with Gasteiger partial charge in [0.1, 0.15) is 5.83 Å². The molecule has 1 aliphatic carbocycles. The van der Waals surface area contributed by atoms with Crippen LogP contribution in [0.2, 0.25) is 0 Å². The minimum Gasteiger partial charge on any atom is -0.211 e. The summed E-state index contributed by atoms with van der Waals surface area (Å²) in [6.07, 6.45) is 7.59. The molecule has 0 amide bonds. The quantitative estimate of drug-likeness (QED) is 0.595. The lowest BCUT2D eigenvalue weighted by Crippen LogP contribution is -1.97. The molecule has 0 saturated carbocycles. The van der Waals surface area contributed by atoms with Crippen LogP contribution in [0, 0.1) is 5.92 Å². The summed E-state index contributed by atoms with van der Waals surface area (Å²) in [5, 5.41) is 0. The zero-order valence-corrected chi connectivity index (χ0v) is 7.94. The molecule has 0 aliphatic heterocycles. The van der Waals surface area contributed by atoms with Crippen molar-refractivity contribution in [3.63, 3.8) is 0 Å². The molecule has 0 nitrogen and oxygen atoms in total. The molecular weight excluding hydrogens is 151 g/mol. The van der Waals surface area contributed by atoms with Gasteiger partial charge in [0.2, 0.25) is 0 Å². The molecule has 0 aromatic heterocycles. The summed E-state index contributed by atoms with van der Waals surface area (Å²) in [6, 6.07) is 0. The lowest BCUT2D eigenvalue weighted by Gasteiger charge is -2.12. The first-order valence-corrected chi connectivity index (χ1v) is 4.80. The molecule has 0 heterocycles. The summed E-state index contributed by atoms with van der Waals surface area (Å²) < 4.78 is 12.6. The summed E-state index contributed by atoms with van der Waals surface area (Å²) in [5.41, 5.74) is 1.27. The monoisotopic (exact) mass is 168 g/mol. The van der Waals surface area contributed by atoms with Crippen molar-refractivity contribution < 1.29 is 4.39 Å². The van der Waals surface area contributed by atoms with Crippen molar-refractivity contribution in [3.05, 3.63) is 23.6 Å². The fraction of sp³-hybridized carbons (Fsp3) is 0.636. The van der Waals surface area contributed by atoms with Crippen molar-refractivity contribution in [2.45, 2.75) is 39.5 Å². The second kappa shape index (κ2) is 4.44. The Labute approximate surface area is 74.2 Å². The van der Waals surface area contributed by atoms with E-state index >= 15 is 0 Å². The van der Waals surface area contributed by atoms with Crippen LogP contribution in [0.25, 0.3) is 0 Å². The topological polar surface area (TPSA) is 0 Å². The van der Waals surface area contributed by atoms with Gasteiger partial charge in [-0.15, -0.1) is 0 Å². The maximum absolute atomic E-state index is 12.6. The van der Waals surface area contributed by atoms with Crippen LogP contribution in [0.4, 0.5) is 4.39 Å². The molecule has 1 aliphatic rings. The van der Waals surface area contributed by atoms with E-state index in [-0.39, 0.29) is 5.83 Å². The van der Waals surface area contributed by atoms with E-state index in [0.717, 1.165) is 12.3 Å². The van der Waals surface area contributed by atoms with E-state index in [1.807, 2.05) is 6.08 Å². The Morgan fingerprint density at radius 3 is 2.42 bits per heavy atom. The van der Waals surface area contributed by atoms with Crippen molar-refractivity contribution in [2.75, 3.05) is 0 Å². The average Bonchev–Trinajstić information content (AvgIpc) is 2.47. The second-order valence-electron chi connectivity index (χ2n) is 3.50. The molecule has 0 saturated heterocycles. The Kier molecular flexibility index (Phi) is 3.51. The van der Waals surface area contributed by atoms with Crippen LogP contribution in [0.5, 0.6) is 0 Å². The maximum atomic E-state index is 12.6. The summed E-state index contributed by atoms with van der Waals surface area (Å²) >= 11 is 0. The van der Waals surface area contributed by atoms with Crippen molar-refractivity contribution in [1.29, 1.82) is 0 Å². The molecule has 0 fully saturated rings. The zero-order chi connectivity index (χ0) is 8.97. The van der Waals surface area contributed by atoms with Crippen LogP contribution < -0.4 is 0 Å². The van der Waals surface area contributed by atoms with Gasteiger partial charge in [-0.05, 0) is 18.4 Å². The minimum absolute atomic E-state index is 0.0240. The van der Waals surface area contributed by atoms with Crippen molar-refractivity contribution >= 4 is 0 Å².